The average Bonchev–Trinajstić information content (AvgIpc) is 2.84. The molecule has 1 heterocycles. The van der Waals surface area contributed by atoms with Crippen molar-refractivity contribution in [3.63, 3.8) is 0 Å². The van der Waals surface area contributed by atoms with Gasteiger partial charge in [0.2, 0.25) is 0 Å². The maximum atomic E-state index is 12.9. The van der Waals surface area contributed by atoms with Gasteiger partial charge >= 0.3 is 5.97 Å². The minimum absolute atomic E-state index is 0.114. The number of nitrogens with zero attached hydrogens (tertiary/aromatic N) is 3. The molecule has 106 valence electrons. The van der Waals surface area contributed by atoms with E-state index in [9.17, 15) is 19.4 Å². The van der Waals surface area contributed by atoms with Crippen molar-refractivity contribution >= 4 is 5.97 Å². The highest BCUT2D eigenvalue weighted by molar-refractivity contribution is 5.88. The molecule has 8 heteroatoms. The van der Waals surface area contributed by atoms with Crippen LogP contribution in [0.15, 0.2) is 24.3 Å². The second-order valence-electron chi connectivity index (χ2n) is 3.81. The molecule has 20 heavy (non-hydrogen) atoms. The fraction of sp³-hybridized carbons (Fsp3) is 0.250. The van der Waals surface area contributed by atoms with Crippen LogP contribution in [0.2, 0.25) is 0 Å². The molecule has 0 saturated heterocycles. The maximum Gasteiger partial charge on any atom is 0.361 e. The molecule has 2 rings (SSSR count). The second-order valence-corrected chi connectivity index (χ2v) is 3.81. The summed E-state index contributed by atoms with van der Waals surface area (Å²) in [7, 11) is 0. The third kappa shape index (κ3) is 2.65. The summed E-state index contributed by atoms with van der Waals surface area (Å²) >= 11 is 0. The molecule has 0 bridgehead atoms. The fourth-order valence-electron chi connectivity index (χ4n) is 1.64. The summed E-state index contributed by atoms with van der Waals surface area (Å²) in [5.74, 6) is -1.27. The molecule has 0 saturated carbocycles. The van der Waals surface area contributed by atoms with Crippen molar-refractivity contribution in [2.75, 3.05) is 6.61 Å². The first-order valence-electron chi connectivity index (χ1n) is 5.79. The number of hydrogen-bond acceptors (Lipinski definition) is 6. The molecule has 0 fully saturated rings. The van der Waals surface area contributed by atoms with Crippen molar-refractivity contribution in [2.24, 2.45) is 0 Å². The van der Waals surface area contributed by atoms with Crippen LogP contribution in [-0.4, -0.2) is 37.8 Å². The van der Waals surface area contributed by atoms with Crippen LogP contribution in [-0.2, 0) is 4.74 Å². The number of rotatable bonds is 4. The van der Waals surface area contributed by atoms with Gasteiger partial charge in [-0.15, -0.1) is 5.10 Å². The van der Waals surface area contributed by atoms with E-state index in [0.29, 0.717) is 5.69 Å². The molecule has 0 amide bonds. The summed E-state index contributed by atoms with van der Waals surface area (Å²) in [5, 5.41) is 26.0. The number of carbonyl (C=O) groups excluding carboxylic acids is 1. The molecule has 0 radical (unpaired) electrons. The van der Waals surface area contributed by atoms with E-state index < -0.39 is 18.1 Å². The van der Waals surface area contributed by atoms with Gasteiger partial charge in [-0.3, -0.25) is 0 Å². The highest BCUT2D eigenvalue weighted by Gasteiger charge is 2.26. The van der Waals surface area contributed by atoms with Gasteiger partial charge in [-0.25, -0.2) is 13.9 Å². The number of aliphatic hydroxyl groups is 2. The van der Waals surface area contributed by atoms with Crippen LogP contribution in [0.3, 0.4) is 0 Å². The van der Waals surface area contributed by atoms with E-state index in [1.807, 2.05) is 0 Å². The quantitative estimate of drug-likeness (QED) is 0.628. The minimum Gasteiger partial charge on any atom is -0.461 e. The summed E-state index contributed by atoms with van der Waals surface area (Å²) in [5.41, 5.74) is -0.209. The average molecular weight is 281 g/mol. The molecule has 0 unspecified atom stereocenters. The first kappa shape index (κ1) is 14.1. The second kappa shape index (κ2) is 5.76. The van der Waals surface area contributed by atoms with Gasteiger partial charge in [0.1, 0.15) is 11.5 Å². The molecule has 0 atom stereocenters. The molecular weight excluding hydrogens is 269 g/mol. The molecule has 7 nitrogen and oxygen atoms in total. The maximum absolute atomic E-state index is 12.9. The lowest BCUT2D eigenvalue weighted by molar-refractivity contribution is -0.0484. The Labute approximate surface area is 113 Å². The number of carbonyl (C=O) groups is 1. The fourth-order valence-corrected chi connectivity index (χ4v) is 1.64. The van der Waals surface area contributed by atoms with Crippen LogP contribution in [0.25, 0.3) is 5.69 Å². The van der Waals surface area contributed by atoms with Gasteiger partial charge in [-0.2, -0.15) is 0 Å². The Morgan fingerprint density at radius 1 is 1.40 bits per heavy atom. The van der Waals surface area contributed by atoms with Gasteiger partial charge < -0.3 is 14.9 Å². The molecule has 2 N–H and O–H groups in total. The Kier molecular flexibility index (Phi) is 4.06. The van der Waals surface area contributed by atoms with Gasteiger partial charge in [-0.05, 0) is 31.2 Å². The summed E-state index contributed by atoms with van der Waals surface area (Å²) < 4.78 is 18.7. The lowest BCUT2D eigenvalue weighted by Gasteiger charge is -2.09. The molecule has 2 aromatic rings. The van der Waals surface area contributed by atoms with Crippen LogP contribution >= 0.6 is 0 Å². The van der Waals surface area contributed by atoms with Gasteiger partial charge in [-0.1, -0.05) is 5.21 Å². The van der Waals surface area contributed by atoms with Crippen LogP contribution in [0.4, 0.5) is 4.39 Å². The van der Waals surface area contributed by atoms with Crippen molar-refractivity contribution in [3.05, 3.63) is 41.5 Å². The van der Waals surface area contributed by atoms with Crippen LogP contribution in [0.1, 0.15) is 29.4 Å². The molecule has 1 aromatic heterocycles. The first-order valence-corrected chi connectivity index (χ1v) is 5.79. The Hall–Kier alpha value is -2.32. The summed E-state index contributed by atoms with van der Waals surface area (Å²) in [6, 6.07) is 5.08. The largest absolute Gasteiger partial charge is 0.461 e. The number of aromatic nitrogens is 3. The molecular formula is C12H12FN3O4. The summed E-state index contributed by atoms with van der Waals surface area (Å²) in [6.07, 6.45) is -1.98. The smallest absolute Gasteiger partial charge is 0.361 e. The lowest BCUT2D eigenvalue weighted by atomic mass is 10.2. The van der Waals surface area contributed by atoms with Crippen molar-refractivity contribution < 1.29 is 24.1 Å². The molecule has 0 aliphatic carbocycles. The van der Waals surface area contributed by atoms with Gasteiger partial charge in [0, 0.05) is 0 Å². The highest BCUT2D eigenvalue weighted by atomic mass is 19.1. The molecule has 0 spiro atoms. The minimum atomic E-state index is -1.98. The summed E-state index contributed by atoms with van der Waals surface area (Å²) in [4.78, 5) is 11.6. The Morgan fingerprint density at radius 3 is 2.60 bits per heavy atom. The number of benzene rings is 1. The Morgan fingerprint density at radius 2 is 2.05 bits per heavy atom. The van der Waals surface area contributed by atoms with Crippen molar-refractivity contribution in [3.8, 4) is 5.69 Å². The zero-order valence-corrected chi connectivity index (χ0v) is 10.5. The van der Waals surface area contributed by atoms with E-state index in [2.05, 4.69) is 10.3 Å². The Bertz CT molecular complexity index is 610. The van der Waals surface area contributed by atoms with Crippen molar-refractivity contribution in [1.29, 1.82) is 0 Å². The zero-order valence-electron chi connectivity index (χ0n) is 10.5. The number of ether oxygens (including phenoxy) is 1. The predicted octanol–water partition coefficient (Wildman–Crippen LogP) is 0.566. The van der Waals surface area contributed by atoms with E-state index in [0.717, 1.165) is 4.68 Å². The first-order chi connectivity index (χ1) is 9.54. The van der Waals surface area contributed by atoms with E-state index >= 15 is 0 Å². The molecule has 0 aliphatic heterocycles. The SMILES string of the molecule is CCOC(=O)c1nnn(-c2ccc(F)cc2)c1C(O)O. The van der Waals surface area contributed by atoms with Crippen LogP contribution < -0.4 is 0 Å². The van der Waals surface area contributed by atoms with Crippen LogP contribution in [0.5, 0.6) is 0 Å². The van der Waals surface area contributed by atoms with Gasteiger partial charge in [0.05, 0.1) is 12.3 Å². The van der Waals surface area contributed by atoms with E-state index in [1.54, 1.807) is 6.92 Å². The predicted molar refractivity (Wildman–Crippen MR) is 64.5 cm³/mol. The Balaban J connectivity index is 2.49. The lowest BCUT2D eigenvalue weighted by Crippen LogP contribution is -2.13. The summed E-state index contributed by atoms with van der Waals surface area (Å²) in [6.45, 7) is 1.72. The van der Waals surface area contributed by atoms with E-state index in [-0.39, 0.29) is 18.0 Å². The van der Waals surface area contributed by atoms with Crippen molar-refractivity contribution in [2.45, 2.75) is 13.2 Å². The zero-order chi connectivity index (χ0) is 14.7. The third-order valence-electron chi connectivity index (χ3n) is 2.49. The van der Waals surface area contributed by atoms with Gasteiger partial charge in [0.15, 0.2) is 12.0 Å². The number of halogens is 1. The van der Waals surface area contributed by atoms with Gasteiger partial charge in [0.25, 0.3) is 0 Å². The number of hydrogen-bond donors (Lipinski definition) is 2. The standard InChI is InChI=1S/C12H12FN3O4/c1-2-20-12(19)9-10(11(17)18)16(15-14-9)8-5-3-7(13)4-6-8/h3-6,11,17-18H,2H2,1H3. The van der Waals surface area contributed by atoms with E-state index in [1.165, 1.54) is 24.3 Å². The number of aliphatic hydroxyl groups excluding tert-OH is 1. The third-order valence-corrected chi connectivity index (χ3v) is 2.49. The molecule has 1 aromatic carbocycles. The van der Waals surface area contributed by atoms with E-state index in [4.69, 9.17) is 4.74 Å². The monoisotopic (exact) mass is 281 g/mol. The highest BCUT2D eigenvalue weighted by Crippen LogP contribution is 2.19. The topological polar surface area (TPSA) is 97.5 Å². The van der Waals surface area contributed by atoms with Crippen molar-refractivity contribution in [1.82, 2.24) is 15.0 Å². The van der Waals surface area contributed by atoms with Crippen LogP contribution in [0, 0.1) is 5.82 Å². The number of esters is 1. The molecule has 0 aliphatic rings. The normalized spacial score (nSPS) is 10.8.